The van der Waals surface area contributed by atoms with Crippen molar-refractivity contribution in [3.8, 4) is 11.5 Å². The average molecular weight is 444 g/mol. The van der Waals surface area contributed by atoms with E-state index in [2.05, 4.69) is 10.6 Å². The molecule has 32 heavy (non-hydrogen) atoms. The molecule has 1 aliphatic rings. The van der Waals surface area contributed by atoms with Crippen molar-refractivity contribution in [2.24, 2.45) is 13.0 Å². The summed E-state index contributed by atoms with van der Waals surface area (Å²) in [4.78, 5) is 37.2. The van der Waals surface area contributed by atoms with Crippen LogP contribution in [0.15, 0.2) is 30.0 Å². The number of allylic oxidation sites excluding steroid dienone is 1. The lowest BCUT2D eigenvalue weighted by Crippen LogP contribution is -2.30. The molecule has 2 aromatic rings. The van der Waals surface area contributed by atoms with Gasteiger partial charge in [-0.05, 0) is 38.3 Å². The van der Waals surface area contributed by atoms with Gasteiger partial charge in [-0.1, -0.05) is 6.08 Å². The number of aromatic nitrogens is 1. The molecule has 2 N–H and O–H groups in total. The molecular formula is C23H29N3O6. The number of amides is 2. The third-order valence-corrected chi connectivity index (χ3v) is 5.55. The second kappa shape index (κ2) is 10.2. The first-order valence-corrected chi connectivity index (χ1v) is 10.6. The quantitative estimate of drug-likeness (QED) is 0.455. The Morgan fingerprint density at radius 3 is 2.56 bits per heavy atom. The van der Waals surface area contributed by atoms with Crippen LogP contribution in [0.1, 0.15) is 36.7 Å². The highest BCUT2D eigenvalue weighted by Gasteiger charge is 2.24. The van der Waals surface area contributed by atoms with Gasteiger partial charge in [0.2, 0.25) is 5.91 Å². The second-order valence-corrected chi connectivity index (χ2v) is 7.50. The monoisotopic (exact) mass is 443 g/mol. The van der Waals surface area contributed by atoms with Gasteiger partial charge < -0.3 is 29.4 Å². The van der Waals surface area contributed by atoms with Gasteiger partial charge in [0.25, 0.3) is 5.91 Å². The SMILES string of the molecule is CCOC(=O)C(=CCC[C@H]1CCNC1=O)NC(=O)c1cc2cc(OC)c(OC)cc2n1C. The molecule has 0 bridgehead atoms. The molecule has 1 aromatic carbocycles. The van der Waals surface area contributed by atoms with Crippen LogP contribution in [0.3, 0.4) is 0 Å². The Bertz CT molecular complexity index is 1060. The number of benzene rings is 1. The number of methoxy groups -OCH3 is 2. The fourth-order valence-electron chi connectivity index (χ4n) is 3.81. The zero-order valence-corrected chi connectivity index (χ0v) is 18.8. The van der Waals surface area contributed by atoms with Crippen LogP contribution in [0, 0.1) is 5.92 Å². The van der Waals surface area contributed by atoms with E-state index in [1.54, 1.807) is 57.0 Å². The Morgan fingerprint density at radius 1 is 1.22 bits per heavy atom. The molecule has 3 rings (SSSR count). The van der Waals surface area contributed by atoms with Gasteiger partial charge in [0.15, 0.2) is 11.5 Å². The summed E-state index contributed by atoms with van der Waals surface area (Å²) in [6, 6.07) is 5.30. The number of nitrogens with one attached hydrogen (secondary N) is 2. The van der Waals surface area contributed by atoms with Crippen molar-refractivity contribution in [3.63, 3.8) is 0 Å². The van der Waals surface area contributed by atoms with Crippen molar-refractivity contribution in [3.05, 3.63) is 35.7 Å². The maximum Gasteiger partial charge on any atom is 0.354 e. The van der Waals surface area contributed by atoms with Gasteiger partial charge in [0.1, 0.15) is 11.4 Å². The summed E-state index contributed by atoms with van der Waals surface area (Å²) < 4.78 is 17.5. The highest BCUT2D eigenvalue weighted by molar-refractivity contribution is 6.03. The predicted molar refractivity (Wildman–Crippen MR) is 119 cm³/mol. The van der Waals surface area contributed by atoms with Crippen molar-refractivity contribution in [1.82, 2.24) is 15.2 Å². The molecule has 0 saturated carbocycles. The van der Waals surface area contributed by atoms with E-state index in [0.29, 0.717) is 36.6 Å². The van der Waals surface area contributed by atoms with Crippen LogP contribution in [-0.2, 0) is 21.4 Å². The molecule has 9 nitrogen and oxygen atoms in total. The lowest BCUT2D eigenvalue weighted by Gasteiger charge is -2.11. The first-order valence-electron chi connectivity index (χ1n) is 10.6. The van der Waals surface area contributed by atoms with Gasteiger partial charge in [0, 0.05) is 31.0 Å². The Labute approximate surface area is 186 Å². The number of rotatable bonds is 9. The Kier molecular flexibility index (Phi) is 7.40. The van der Waals surface area contributed by atoms with Crippen molar-refractivity contribution in [2.75, 3.05) is 27.4 Å². The molecule has 172 valence electrons. The van der Waals surface area contributed by atoms with Crippen LogP contribution in [0.25, 0.3) is 10.9 Å². The lowest BCUT2D eigenvalue weighted by molar-refractivity contribution is -0.138. The number of hydrogen-bond acceptors (Lipinski definition) is 6. The molecule has 2 heterocycles. The summed E-state index contributed by atoms with van der Waals surface area (Å²) in [6.07, 6.45) is 3.46. The summed E-state index contributed by atoms with van der Waals surface area (Å²) >= 11 is 0. The first-order chi connectivity index (χ1) is 15.4. The minimum Gasteiger partial charge on any atom is -0.493 e. The molecule has 0 aliphatic carbocycles. The van der Waals surface area contributed by atoms with Crippen LogP contribution in [0.5, 0.6) is 11.5 Å². The van der Waals surface area contributed by atoms with E-state index < -0.39 is 11.9 Å². The summed E-state index contributed by atoms with van der Waals surface area (Å²) in [7, 11) is 4.85. The smallest absolute Gasteiger partial charge is 0.354 e. The third-order valence-electron chi connectivity index (χ3n) is 5.55. The number of ether oxygens (including phenoxy) is 3. The zero-order chi connectivity index (χ0) is 23.3. The maximum atomic E-state index is 13.0. The van der Waals surface area contributed by atoms with E-state index in [1.807, 2.05) is 0 Å². The fourth-order valence-corrected chi connectivity index (χ4v) is 3.81. The van der Waals surface area contributed by atoms with Gasteiger partial charge in [0.05, 0.1) is 26.3 Å². The van der Waals surface area contributed by atoms with E-state index in [1.165, 1.54) is 0 Å². The molecule has 0 spiro atoms. The maximum absolute atomic E-state index is 13.0. The van der Waals surface area contributed by atoms with Gasteiger partial charge in [-0.15, -0.1) is 0 Å². The minimum atomic E-state index is -0.612. The fraction of sp³-hybridized carbons (Fsp3) is 0.435. The van der Waals surface area contributed by atoms with Gasteiger partial charge in [-0.25, -0.2) is 4.79 Å². The van der Waals surface area contributed by atoms with Gasteiger partial charge in [-0.3, -0.25) is 9.59 Å². The highest BCUT2D eigenvalue weighted by Crippen LogP contribution is 2.33. The van der Waals surface area contributed by atoms with Crippen molar-refractivity contribution in [2.45, 2.75) is 26.2 Å². The van der Waals surface area contributed by atoms with E-state index in [0.717, 1.165) is 17.3 Å². The molecule has 1 aliphatic heterocycles. The Hall–Kier alpha value is -3.49. The number of carbonyl (C=O) groups excluding carboxylic acids is 3. The first kappa shape index (κ1) is 23.2. The normalized spacial score (nSPS) is 16.1. The lowest BCUT2D eigenvalue weighted by atomic mass is 10.0. The third kappa shape index (κ3) is 4.87. The van der Waals surface area contributed by atoms with Crippen LogP contribution in [0.4, 0.5) is 0 Å². The van der Waals surface area contributed by atoms with E-state index in [4.69, 9.17) is 14.2 Å². The predicted octanol–water partition coefficient (Wildman–Crippen LogP) is 2.29. The average Bonchev–Trinajstić information content (AvgIpc) is 3.34. The Balaban J connectivity index is 1.82. The number of nitrogens with zero attached hydrogens (tertiary/aromatic N) is 1. The van der Waals surface area contributed by atoms with E-state index in [-0.39, 0.29) is 24.1 Å². The number of hydrogen-bond donors (Lipinski definition) is 2. The molecule has 1 aromatic heterocycles. The molecule has 1 fully saturated rings. The van der Waals surface area contributed by atoms with Crippen molar-refractivity contribution < 1.29 is 28.6 Å². The molecule has 9 heteroatoms. The molecule has 1 atom stereocenters. The minimum absolute atomic E-state index is 0.0291. The van der Waals surface area contributed by atoms with Gasteiger partial charge >= 0.3 is 5.97 Å². The van der Waals surface area contributed by atoms with E-state index in [9.17, 15) is 14.4 Å². The molecule has 2 amide bonds. The van der Waals surface area contributed by atoms with Crippen LogP contribution in [-0.4, -0.2) is 49.7 Å². The van der Waals surface area contributed by atoms with Crippen LogP contribution >= 0.6 is 0 Å². The summed E-state index contributed by atoms with van der Waals surface area (Å²) in [6.45, 7) is 2.56. The number of fused-ring (bicyclic) bond motifs is 1. The van der Waals surface area contributed by atoms with E-state index >= 15 is 0 Å². The highest BCUT2D eigenvalue weighted by atomic mass is 16.5. The molecule has 1 saturated heterocycles. The van der Waals surface area contributed by atoms with Gasteiger partial charge in [-0.2, -0.15) is 0 Å². The standard InChI is InChI=1S/C23H29N3O6/c1-5-32-23(29)16(8-6-7-14-9-10-24-21(14)27)25-22(28)18-11-15-12-19(30-3)20(31-4)13-17(15)26(18)2/h8,11-14H,5-7,9-10H2,1-4H3,(H,24,27)(H,25,28)/t14-/m0/s1. The topological polar surface area (TPSA) is 108 Å². The number of esters is 1. The van der Waals surface area contributed by atoms with Crippen LogP contribution < -0.4 is 20.1 Å². The zero-order valence-electron chi connectivity index (χ0n) is 18.8. The van der Waals surface area contributed by atoms with Crippen molar-refractivity contribution in [1.29, 1.82) is 0 Å². The Morgan fingerprint density at radius 2 is 1.94 bits per heavy atom. The molecule has 0 radical (unpaired) electrons. The molecule has 0 unspecified atom stereocenters. The summed E-state index contributed by atoms with van der Waals surface area (Å²) in [5.41, 5.74) is 1.21. The second-order valence-electron chi connectivity index (χ2n) is 7.50. The number of carbonyl (C=O) groups is 3. The molecular weight excluding hydrogens is 414 g/mol. The van der Waals surface area contributed by atoms with Crippen LogP contribution in [0.2, 0.25) is 0 Å². The number of aryl methyl sites for hydroxylation is 1. The largest absolute Gasteiger partial charge is 0.493 e. The summed E-state index contributed by atoms with van der Waals surface area (Å²) in [5, 5.41) is 6.27. The van der Waals surface area contributed by atoms with Crippen molar-refractivity contribution >= 4 is 28.7 Å². The summed E-state index contributed by atoms with van der Waals surface area (Å²) in [5.74, 6) is 0.00483.